The molecule has 0 N–H and O–H groups in total. The van der Waals surface area contributed by atoms with Crippen molar-refractivity contribution in [2.45, 2.75) is 26.3 Å². The molecule has 1 aliphatic heterocycles. The van der Waals surface area contributed by atoms with Gasteiger partial charge in [0, 0.05) is 23.8 Å². The molecule has 4 rings (SSSR count). The number of furan rings is 1. The van der Waals surface area contributed by atoms with E-state index < -0.39 is 16.1 Å². The molecular weight excluding hydrogens is 484 g/mol. The molecule has 0 spiro atoms. The topological polar surface area (TPSA) is 120 Å². The second kappa shape index (κ2) is 11.0. The first-order chi connectivity index (χ1) is 17.4. The lowest BCUT2D eigenvalue weighted by Gasteiger charge is -2.12. The lowest BCUT2D eigenvalue weighted by Crippen LogP contribution is -2.27. The van der Waals surface area contributed by atoms with Crippen LogP contribution >= 0.6 is 11.8 Å². The van der Waals surface area contributed by atoms with Crippen LogP contribution in [-0.4, -0.2) is 33.5 Å². The van der Waals surface area contributed by atoms with Crippen LogP contribution in [0.5, 0.6) is 0 Å². The van der Waals surface area contributed by atoms with E-state index in [1.54, 1.807) is 36.4 Å². The van der Waals surface area contributed by atoms with Gasteiger partial charge in [0.25, 0.3) is 16.8 Å². The van der Waals surface area contributed by atoms with Gasteiger partial charge in [-0.05, 0) is 48.0 Å². The van der Waals surface area contributed by atoms with Gasteiger partial charge in [-0.2, -0.15) is 0 Å². The molecule has 2 amide bonds. The molecule has 1 fully saturated rings. The zero-order valence-corrected chi connectivity index (χ0v) is 20.2. The summed E-state index contributed by atoms with van der Waals surface area (Å²) in [6.07, 6.45) is 3.26. The number of non-ortho nitro benzene ring substituents is 1. The number of hydrogen-bond acceptors (Lipinski definition) is 8. The zero-order chi connectivity index (χ0) is 25.7. The number of rotatable bonds is 9. The van der Waals surface area contributed by atoms with Crippen molar-refractivity contribution in [2.24, 2.45) is 0 Å². The number of nitro benzene ring substituents is 1. The third-order valence-electron chi connectivity index (χ3n) is 5.40. The van der Waals surface area contributed by atoms with Gasteiger partial charge in [-0.1, -0.05) is 37.6 Å². The van der Waals surface area contributed by atoms with Crippen LogP contribution in [0.25, 0.3) is 17.4 Å². The van der Waals surface area contributed by atoms with Crippen molar-refractivity contribution in [1.82, 2.24) is 4.90 Å². The van der Waals surface area contributed by atoms with Crippen molar-refractivity contribution < 1.29 is 28.5 Å². The van der Waals surface area contributed by atoms with Crippen molar-refractivity contribution in [3.63, 3.8) is 0 Å². The van der Waals surface area contributed by atoms with Crippen molar-refractivity contribution >= 4 is 40.6 Å². The number of nitro groups is 1. The number of benzene rings is 2. The normalized spacial score (nSPS) is 14.5. The lowest BCUT2D eigenvalue weighted by molar-refractivity contribution is -0.384. The summed E-state index contributed by atoms with van der Waals surface area (Å²) in [5.41, 5.74) is 1.72. The number of esters is 1. The fourth-order valence-electron chi connectivity index (χ4n) is 3.42. The Labute approximate surface area is 210 Å². The largest absolute Gasteiger partial charge is 0.462 e. The standard InChI is InChI=1S/C26H22N2O7S/c1-2-3-14-34-25(30)19-8-6-18(7-9-19)22-13-12-21(35-22)15-23-24(29)27(26(31)36-23)16-17-4-10-20(11-5-17)28(32)33/h4-13,15H,2-3,14,16H2,1H3/b23-15+. The summed E-state index contributed by atoms with van der Waals surface area (Å²) < 4.78 is 11.0. The Morgan fingerprint density at radius 1 is 1.08 bits per heavy atom. The van der Waals surface area contributed by atoms with E-state index >= 15 is 0 Å². The maximum Gasteiger partial charge on any atom is 0.338 e. The van der Waals surface area contributed by atoms with Crippen LogP contribution in [0, 0.1) is 10.1 Å². The van der Waals surface area contributed by atoms with Gasteiger partial charge in [-0.25, -0.2) is 4.79 Å². The Kier molecular flexibility index (Phi) is 7.65. The summed E-state index contributed by atoms with van der Waals surface area (Å²) in [7, 11) is 0. The first-order valence-electron chi connectivity index (χ1n) is 11.2. The van der Waals surface area contributed by atoms with Gasteiger partial charge in [0.15, 0.2) is 0 Å². The predicted molar refractivity (Wildman–Crippen MR) is 134 cm³/mol. The molecule has 1 aliphatic rings. The molecule has 0 unspecified atom stereocenters. The molecule has 184 valence electrons. The van der Waals surface area contributed by atoms with Crippen LogP contribution in [0.4, 0.5) is 10.5 Å². The number of carbonyl (C=O) groups is 3. The van der Waals surface area contributed by atoms with E-state index in [-0.39, 0.29) is 23.1 Å². The van der Waals surface area contributed by atoms with Gasteiger partial charge in [-0.3, -0.25) is 24.6 Å². The molecule has 2 heterocycles. The number of nitrogens with zero attached hydrogens (tertiary/aromatic N) is 2. The molecule has 9 nitrogen and oxygen atoms in total. The van der Waals surface area contributed by atoms with Crippen LogP contribution < -0.4 is 0 Å². The maximum atomic E-state index is 12.8. The molecule has 1 saturated heterocycles. The average Bonchev–Trinajstić information content (AvgIpc) is 3.45. The third-order valence-corrected chi connectivity index (χ3v) is 6.31. The maximum absolute atomic E-state index is 12.8. The molecule has 0 aliphatic carbocycles. The minimum atomic E-state index is -0.513. The van der Waals surface area contributed by atoms with Crippen molar-refractivity contribution in [2.75, 3.05) is 6.61 Å². The van der Waals surface area contributed by atoms with Crippen molar-refractivity contribution in [1.29, 1.82) is 0 Å². The Morgan fingerprint density at radius 2 is 1.81 bits per heavy atom. The molecule has 0 bridgehead atoms. The summed E-state index contributed by atoms with van der Waals surface area (Å²) in [5, 5.41) is 10.4. The SMILES string of the molecule is CCCCOC(=O)c1ccc(-c2ccc(/C=C3/SC(=O)N(Cc4ccc([N+](=O)[O-])cc4)C3=O)o2)cc1. The third kappa shape index (κ3) is 5.72. The van der Waals surface area contributed by atoms with Crippen LogP contribution in [0.1, 0.15) is 41.4 Å². The number of thioether (sulfide) groups is 1. The van der Waals surface area contributed by atoms with Gasteiger partial charge in [-0.15, -0.1) is 0 Å². The van der Waals surface area contributed by atoms with Gasteiger partial charge in [0.2, 0.25) is 0 Å². The van der Waals surface area contributed by atoms with Gasteiger partial charge in [0.1, 0.15) is 11.5 Å². The van der Waals surface area contributed by atoms with Gasteiger partial charge >= 0.3 is 5.97 Å². The molecule has 10 heteroatoms. The summed E-state index contributed by atoms with van der Waals surface area (Å²) in [6, 6.07) is 15.9. The number of imide groups is 1. The molecule has 0 radical (unpaired) electrons. The fraction of sp³-hybridized carbons (Fsp3) is 0.192. The fourth-order valence-corrected chi connectivity index (χ4v) is 4.24. The first kappa shape index (κ1) is 24.9. The second-order valence-electron chi connectivity index (χ2n) is 7.96. The van der Waals surface area contributed by atoms with Gasteiger partial charge in [0.05, 0.1) is 28.5 Å². The minimum absolute atomic E-state index is 0.0105. The monoisotopic (exact) mass is 506 g/mol. The molecule has 0 saturated carbocycles. The number of ether oxygens (including phenoxy) is 1. The second-order valence-corrected chi connectivity index (χ2v) is 8.95. The Morgan fingerprint density at radius 3 is 2.47 bits per heavy atom. The summed E-state index contributed by atoms with van der Waals surface area (Å²) >= 11 is 0.801. The van der Waals surface area contributed by atoms with E-state index in [1.165, 1.54) is 30.3 Å². The number of carbonyl (C=O) groups excluding carboxylic acids is 3. The minimum Gasteiger partial charge on any atom is -0.462 e. The summed E-state index contributed by atoms with van der Waals surface area (Å²) in [5.74, 6) is 0.0953. The molecule has 3 aromatic rings. The quantitative estimate of drug-likeness (QED) is 0.113. The van der Waals surface area contributed by atoms with E-state index in [0.29, 0.717) is 29.3 Å². The number of unbranched alkanes of at least 4 members (excludes halogenated alkanes) is 1. The summed E-state index contributed by atoms with van der Waals surface area (Å²) in [4.78, 5) is 48.9. The Bertz CT molecular complexity index is 1330. The van der Waals surface area contributed by atoms with E-state index in [1.807, 2.05) is 6.92 Å². The molecule has 1 aromatic heterocycles. The molecule has 0 atom stereocenters. The van der Waals surface area contributed by atoms with Crippen LogP contribution in [0.3, 0.4) is 0 Å². The molecule has 36 heavy (non-hydrogen) atoms. The van der Waals surface area contributed by atoms with Gasteiger partial charge < -0.3 is 9.15 Å². The van der Waals surface area contributed by atoms with Crippen molar-refractivity contribution in [3.8, 4) is 11.3 Å². The molecular formula is C26H22N2O7S. The summed E-state index contributed by atoms with van der Waals surface area (Å²) in [6.45, 7) is 2.42. The highest BCUT2D eigenvalue weighted by molar-refractivity contribution is 8.18. The van der Waals surface area contributed by atoms with E-state index in [2.05, 4.69) is 0 Å². The highest BCUT2D eigenvalue weighted by Gasteiger charge is 2.35. The zero-order valence-electron chi connectivity index (χ0n) is 19.3. The Hall–Kier alpha value is -4.18. The lowest BCUT2D eigenvalue weighted by atomic mass is 10.1. The Balaban J connectivity index is 1.42. The van der Waals surface area contributed by atoms with E-state index in [4.69, 9.17) is 9.15 Å². The van der Waals surface area contributed by atoms with Crippen LogP contribution in [0.15, 0.2) is 70.0 Å². The first-order valence-corrected chi connectivity index (χ1v) is 12.0. The highest BCUT2D eigenvalue weighted by Crippen LogP contribution is 2.34. The number of amides is 2. The van der Waals surface area contributed by atoms with Crippen molar-refractivity contribution in [3.05, 3.63) is 92.6 Å². The van der Waals surface area contributed by atoms with E-state index in [0.717, 1.165) is 35.1 Å². The van der Waals surface area contributed by atoms with E-state index in [9.17, 15) is 24.5 Å². The predicted octanol–water partition coefficient (Wildman–Crippen LogP) is 6.05. The van der Waals surface area contributed by atoms with Crippen LogP contribution in [-0.2, 0) is 16.1 Å². The smallest absolute Gasteiger partial charge is 0.338 e. The van der Waals surface area contributed by atoms with Crippen LogP contribution in [0.2, 0.25) is 0 Å². The average molecular weight is 507 g/mol. The molecule has 2 aromatic carbocycles. The number of hydrogen-bond donors (Lipinski definition) is 0. The highest BCUT2D eigenvalue weighted by atomic mass is 32.2.